The molecule has 3 aromatic rings. The average molecular weight is 543 g/mol. The summed E-state index contributed by atoms with van der Waals surface area (Å²) in [5.41, 5.74) is 4.15. The molecule has 2 N–H and O–H groups in total. The van der Waals surface area contributed by atoms with Gasteiger partial charge in [0, 0.05) is 81.8 Å². The Labute approximate surface area is 216 Å². The Morgan fingerprint density at radius 1 is 1.11 bits per heavy atom. The summed E-state index contributed by atoms with van der Waals surface area (Å²) in [4.78, 5) is 20.5. The standard InChI is InChI=1S/C26H36BrN7O/c1-4-28-26-25-24(21(27)17-29-25)30-23(31-26)15-18-5-6-20(16-22(18)35-3)33-9-7-19(8-10-33)34-13-11-32(2)12-14-34/h5-6,16-17,19,29H,4,7-15H2,1-3H3,(H,28,30,31). The van der Waals surface area contributed by atoms with Gasteiger partial charge in [-0.3, -0.25) is 4.90 Å². The lowest BCUT2D eigenvalue weighted by Crippen LogP contribution is -2.52. The molecular weight excluding hydrogens is 506 g/mol. The Balaban J connectivity index is 1.29. The van der Waals surface area contributed by atoms with Crippen molar-refractivity contribution in [2.45, 2.75) is 32.2 Å². The number of ether oxygens (including phenoxy) is 1. The van der Waals surface area contributed by atoms with Crippen LogP contribution in [0.3, 0.4) is 0 Å². The SMILES string of the molecule is CCNc1nc(Cc2ccc(N3CCC(N4CCN(C)CC4)CC3)cc2OC)nc2c(Br)c[nH]c12. The van der Waals surface area contributed by atoms with E-state index >= 15 is 0 Å². The summed E-state index contributed by atoms with van der Waals surface area (Å²) in [6, 6.07) is 7.30. The highest BCUT2D eigenvalue weighted by Crippen LogP contribution is 2.31. The lowest BCUT2D eigenvalue weighted by Gasteiger charge is -2.42. The molecule has 0 aliphatic carbocycles. The number of H-pyrrole nitrogens is 1. The first-order valence-electron chi connectivity index (χ1n) is 12.7. The summed E-state index contributed by atoms with van der Waals surface area (Å²) in [5.74, 6) is 2.50. The number of anilines is 2. The molecule has 188 valence electrons. The Kier molecular flexibility index (Phi) is 7.45. The number of nitrogens with one attached hydrogen (secondary N) is 2. The number of benzene rings is 1. The maximum absolute atomic E-state index is 5.82. The third-order valence-electron chi connectivity index (χ3n) is 7.37. The molecule has 2 aromatic heterocycles. The van der Waals surface area contributed by atoms with Gasteiger partial charge in [0.25, 0.3) is 0 Å². The smallest absolute Gasteiger partial charge is 0.154 e. The molecule has 4 heterocycles. The molecule has 2 aliphatic heterocycles. The first-order valence-corrected chi connectivity index (χ1v) is 13.5. The number of aromatic amines is 1. The van der Waals surface area contributed by atoms with E-state index in [1.165, 1.54) is 44.7 Å². The van der Waals surface area contributed by atoms with E-state index in [1.807, 2.05) is 6.20 Å². The molecule has 0 saturated carbocycles. The van der Waals surface area contributed by atoms with E-state index in [-0.39, 0.29) is 0 Å². The predicted molar refractivity (Wildman–Crippen MR) is 146 cm³/mol. The molecule has 8 nitrogen and oxygen atoms in total. The van der Waals surface area contributed by atoms with Gasteiger partial charge >= 0.3 is 0 Å². The van der Waals surface area contributed by atoms with Crippen molar-refractivity contribution in [3.05, 3.63) is 40.3 Å². The molecule has 0 bridgehead atoms. The molecule has 0 amide bonds. The fourth-order valence-electron chi connectivity index (χ4n) is 5.32. The van der Waals surface area contributed by atoms with Crippen LogP contribution >= 0.6 is 15.9 Å². The minimum Gasteiger partial charge on any atom is -0.496 e. The lowest BCUT2D eigenvalue weighted by molar-refractivity contribution is 0.0982. The topological polar surface area (TPSA) is 72.6 Å². The first kappa shape index (κ1) is 24.3. The third kappa shape index (κ3) is 5.27. The fourth-order valence-corrected chi connectivity index (χ4v) is 5.72. The van der Waals surface area contributed by atoms with Gasteiger partial charge in [0.05, 0.1) is 11.6 Å². The van der Waals surface area contributed by atoms with E-state index in [0.29, 0.717) is 12.5 Å². The van der Waals surface area contributed by atoms with Crippen LogP contribution in [0.25, 0.3) is 11.0 Å². The van der Waals surface area contributed by atoms with Gasteiger partial charge in [0.1, 0.15) is 22.6 Å². The molecule has 0 unspecified atom stereocenters. The number of rotatable bonds is 7. The summed E-state index contributed by atoms with van der Waals surface area (Å²) in [6.07, 6.45) is 4.97. The number of likely N-dealkylation sites (N-methyl/N-ethyl adjacent to an activating group) is 1. The van der Waals surface area contributed by atoms with Crippen LogP contribution in [-0.2, 0) is 6.42 Å². The number of methoxy groups -OCH3 is 1. The zero-order chi connectivity index (χ0) is 24.4. The van der Waals surface area contributed by atoms with E-state index in [2.05, 4.69) is 73.1 Å². The second-order valence-electron chi connectivity index (χ2n) is 9.61. The number of hydrogen-bond donors (Lipinski definition) is 2. The Bertz CT molecular complexity index is 1150. The zero-order valence-corrected chi connectivity index (χ0v) is 22.6. The number of aromatic nitrogens is 3. The van der Waals surface area contributed by atoms with Crippen LogP contribution in [0.2, 0.25) is 0 Å². The molecule has 0 radical (unpaired) electrons. The van der Waals surface area contributed by atoms with Crippen molar-refractivity contribution in [1.82, 2.24) is 24.8 Å². The number of piperidine rings is 1. The zero-order valence-electron chi connectivity index (χ0n) is 21.0. The van der Waals surface area contributed by atoms with Crippen molar-refractivity contribution in [1.29, 1.82) is 0 Å². The third-order valence-corrected chi connectivity index (χ3v) is 7.98. The van der Waals surface area contributed by atoms with Gasteiger partial charge in [-0.05, 0) is 48.8 Å². The summed E-state index contributed by atoms with van der Waals surface area (Å²) >= 11 is 3.60. The van der Waals surface area contributed by atoms with Crippen LogP contribution in [-0.4, -0.2) is 90.8 Å². The van der Waals surface area contributed by atoms with Crippen molar-refractivity contribution in [2.75, 3.05) is 70.2 Å². The summed E-state index contributed by atoms with van der Waals surface area (Å²) in [6.45, 7) is 9.82. The molecule has 0 spiro atoms. The van der Waals surface area contributed by atoms with Crippen LogP contribution < -0.4 is 15.0 Å². The summed E-state index contributed by atoms with van der Waals surface area (Å²) in [5, 5.41) is 3.35. The van der Waals surface area contributed by atoms with Crippen LogP contribution in [0.4, 0.5) is 11.5 Å². The highest BCUT2D eigenvalue weighted by molar-refractivity contribution is 9.10. The van der Waals surface area contributed by atoms with Gasteiger partial charge in [-0.1, -0.05) is 6.07 Å². The van der Waals surface area contributed by atoms with E-state index in [9.17, 15) is 0 Å². The van der Waals surface area contributed by atoms with Gasteiger partial charge in [0.15, 0.2) is 5.82 Å². The number of hydrogen-bond acceptors (Lipinski definition) is 7. The van der Waals surface area contributed by atoms with Crippen LogP contribution in [0.1, 0.15) is 31.2 Å². The van der Waals surface area contributed by atoms with Crippen molar-refractivity contribution in [2.24, 2.45) is 0 Å². The maximum Gasteiger partial charge on any atom is 0.154 e. The minimum absolute atomic E-state index is 0.612. The van der Waals surface area contributed by atoms with E-state index in [4.69, 9.17) is 14.7 Å². The van der Waals surface area contributed by atoms with E-state index in [0.717, 1.165) is 58.1 Å². The van der Waals surface area contributed by atoms with E-state index < -0.39 is 0 Å². The second-order valence-corrected chi connectivity index (χ2v) is 10.5. The Morgan fingerprint density at radius 2 is 1.89 bits per heavy atom. The monoisotopic (exact) mass is 541 g/mol. The first-order chi connectivity index (χ1) is 17.1. The Morgan fingerprint density at radius 3 is 2.60 bits per heavy atom. The summed E-state index contributed by atoms with van der Waals surface area (Å²) in [7, 11) is 3.97. The lowest BCUT2D eigenvalue weighted by atomic mass is 10.0. The van der Waals surface area contributed by atoms with Gasteiger partial charge in [-0.25, -0.2) is 9.97 Å². The molecule has 2 aliphatic rings. The number of halogens is 1. The summed E-state index contributed by atoms with van der Waals surface area (Å²) < 4.78 is 6.77. The molecule has 2 fully saturated rings. The maximum atomic E-state index is 5.82. The van der Waals surface area contributed by atoms with Gasteiger partial charge in [-0.15, -0.1) is 0 Å². The highest BCUT2D eigenvalue weighted by Gasteiger charge is 2.27. The van der Waals surface area contributed by atoms with Crippen molar-refractivity contribution in [3.63, 3.8) is 0 Å². The molecule has 1 aromatic carbocycles. The van der Waals surface area contributed by atoms with E-state index in [1.54, 1.807) is 7.11 Å². The van der Waals surface area contributed by atoms with Crippen LogP contribution in [0, 0.1) is 0 Å². The molecule has 0 atom stereocenters. The van der Waals surface area contributed by atoms with Gasteiger partial charge in [-0.2, -0.15) is 0 Å². The number of fused-ring (bicyclic) bond motifs is 1. The van der Waals surface area contributed by atoms with Gasteiger partial charge < -0.3 is 24.8 Å². The second kappa shape index (κ2) is 10.7. The highest BCUT2D eigenvalue weighted by atomic mass is 79.9. The van der Waals surface area contributed by atoms with Gasteiger partial charge in [0.2, 0.25) is 0 Å². The molecular formula is C26H36BrN7O. The van der Waals surface area contributed by atoms with Crippen molar-refractivity contribution in [3.8, 4) is 5.75 Å². The minimum atomic E-state index is 0.612. The van der Waals surface area contributed by atoms with Crippen LogP contribution in [0.5, 0.6) is 5.75 Å². The Hall–Kier alpha value is -2.36. The average Bonchev–Trinajstić information content (AvgIpc) is 3.26. The van der Waals surface area contributed by atoms with Crippen molar-refractivity contribution < 1.29 is 4.74 Å². The number of nitrogens with zero attached hydrogens (tertiary/aromatic N) is 5. The molecule has 5 rings (SSSR count). The van der Waals surface area contributed by atoms with Crippen molar-refractivity contribution >= 4 is 38.5 Å². The number of piperazine rings is 1. The quantitative estimate of drug-likeness (QED) is 0.468. The van der Waals surface area contributed by atoms with Crippen LogP contribution in [0.15, 0.2) is 28.9 Å². The molecule has 9 heteroatoms. The predicted octanol–water partition coefficient (Wildman–Crippen LogP) is 3.97. The fraction of sp³-hybridized carbons (Fsp3) is 0.538. The largest absolute Gasteiger partial charge is 0.496 e. The molecule has 2 saturated heterocycles. The normalized spacial score (nSPS) is 18.3. The molecule has 35 heavy (non-hydrogen) atoms.